The van der Waals surface area contributed by atoms with E-state index < -0.39 is 48.8 Å². The highest BCUT2D eigenvalue weighted by molar-refractivity contribution is 5.73. The lowest BCUT2D eigenvalue weighted by molar-refractivity contribution is -0.164. The molecule has 9 nitrogen and oxygen atoms in total. The predicted molar refractivity (Wildman–Crippen MR) is 66.8 cm³/mol. The molecule has 21 heavy (non-hydrogen) atoms. The average Bonchev–Trinajstić information content (AvgIpc) is 2.33. The number of esters is 2. The summed E-state index contributed by atoms with van der Waals surface area (Å²) in [6, 6.07) is -1.56. The van der Waals surface area contributed by atoms with Gasteiger partial charge in [-0.05, 0) is 12.5 Å². The molecule has 4 atom stereocenters. The molecule has 10 heteroatoms. The molecule has 0 aliphatic carbocycles. The number of carbonyl (C=O) groups excluding carboxylic acids is 2. The summed E-state index contributed by atoms with van der Waals surface area (Å²) >= 11 is 0. The van der Waals surface area contributed by atoms with E-state index >= 15 is 0 Å². The Morgan fingerprint density at radius 1 is 1.33 bits per heavy atom. The zero-order valence-corrected chi connectivity index (χ0v) is 11.7. The van der Waals surface area contributed by atoms with Gasteiger partial charge in [-0.3, -0.25) is 14.4 Å². The van der Waals surface area contributed by atoms with E-state index in [2.05, 4.69) is 14.8 Å². The van der Waals surface area contributed by atoms with Gasteiger partial charge in [0.25, 0.3) is 0 Å². The van der Waals surface area contributed by atoms with Crippen LogP contribution < -0.4 is 0 Å². The van der Waals surface area contributed by atoms with Gasteiger partial charge in [0.15, 0.2) is 0 Å². The molecule has 0 bridgehead atoms. The van der Waals surface area contributed by atoms with Crippen molar-refractivity contribution in [3.63, 3.8) is 0 Å². The number of azide groups is 1. The van der Waals surface area contributed by atoms with Crippen LogP contribution in [0, 0.1) is 5.92 Å². The second-order valence-corrected chi connectivity index (χ2v) is 4.19. The van der Waals surface area contributed by atoms with Crippen molar-refractivity contribution in [1.82, 2.24) is 0 Å². The first kappa shape index (κ1) is 18.7. The summed E-state index contributed by atoms with van der Waals surface area (Å²) in [4.78, 5) is 35.5. The Morgan fingerprint density at radius 3 is 2.24 bits per heavy atom. The van der Waals surface area contributed by atoms with Crippen LogP contribution in [0.25, 0.3) is 10.4 Å². The number of carbonyl (C=O) groups is 3. The van der Waals surface area contributed by atoms with Crippen molar-refractivity contribution in [3.8, 4) is 0 Å². The number of hydrogen-bond donors (Lipinski definition) is 1. The molecule has 0 saturated carbocycles. The van der Waals surface area contributed by atoms with Crippen LogP contribution in [0.2, 0.25) is 0 Å². The van der Waals surface area contributed by atoms with Gasteiger partial charge >= 0.3 is 17.9 Å². The second-order valence-electron chi connectivity index (χ2n) is 4.19. The number of alkyl halides is 1. The highest BCUT2D eigenvalue weighted by Crippen LogP contribution is 2.21. The van der Waals surface area contributed by atoms with Crippen LogP contribution in [0.15, 0.2) is 5.11 Å². The Hall–Kier alpha value is -2.35. The highest BCUT2D eigenvalue weighted by atomic mass is 19.1. The van der Waals surface area contributed by atoms with Crippen LogP contribution in [-0.4, -0.2) is 47.9 Å². The smallest absolute Gasteiger partial charge is 0.313 e. The highest BCUT2D eigenvalue weighted by Gasteiger charge is 2.40. The molecule has 0 saturated heterocycles. The molecule has 0 aliphatic rings. The number of halogens is 1. The fourth-order valence-corrected chi connectivity index (χ4v) is 1.57. The van der Waals surface area contributed by atoms with E-state index in [4.69, 9.17) is 15.4 Å². The topological polar surface area (TPSA) is 139 Å². The Bertz CT molecular complexity index is 449. The van der Waals surface area contributed by atoms with Crippen LogP contribution in [0.3, 0.4) is 0 Å². The molecule has 0 radical (unpaired) electrons. The molecule has 0 spiro atoms. The Kier molecular flexibility index (Phi) is 7.77. The van der Waals surface area contributed by atoms with Crippen molar-refractivity contribution in [1.29, 1.82) is 0 Å². The molecule has 0 fully saturated rings. The first-order valence-electron chi connectivity index (χ1n) is 5.92. The first-order valence-corrected chi connectivity index (χ1v) is 5.92. The SMILES string of the molecule is CC(=O)OC[C@@H](C(=O)O)[C@@H](OC(C)=O)C(N=[N+]=[N-])C(C)F. The van der Waals surface area contributed by atoms with Gasteiger partial charge in [-0.1, -0.05) is 5.11 Å². The van der Waals surface area contributed by atoms with Crippen molar-refractivity contribution in [3.05, 3.63) is 10.4 Å². The zero-order chi connectivity index (χ0) is 16.6. The van der Waals surface area contributed by atoms with Crippen LogP contribution in [0.1, 0.15) is 20.8 Å². The molecule has 1 N–H and O–H groups in total. The minimum atomic E-state index is -1.77. The van der Waals surface area contributed by atoms with Gasteiger partial charge in [0.05, 0.1) is 0 Å². The lowest BCUT2D eigenvalue weighted by Crippen LogP contribution is -2.46. The molecule has 0 amide bonds. The third-order valence-corrected chi connectivity index (χ3v) is 2.47. The largest absolute Gasteiger partial charge is 0.481 e. The van der Waals surface area contributed by atoms with Crippen molar-refractivity contribution in [2.45, 2.75) is 39.1 Å². The summed E-state index contributed by atoms with van der Waals surface area (Å²) in [7, 11) is 0. The van der Waals surface area contributed by atoms with Gasteiger partial charge in [-0.2, -0.15) is 0 Å². The summed E-state index contributed by atoms with van der Waals surface area (Å²) in [5.41, 5.74) is 8.43. The average molecular weight is 305 g/mol. The van der Waals surface area contributed by atoms with Gasteiger partial charge in [-0.15, -0.1) is 0 Å². The zero-order valence-electron chi connectivity index (χ0n) is 11.7. The van der Waals surface area contributed by atoms with Crippen molar-refractivity contribution < 1.29 is 33.4 Å². The van der Waals surface area contributed by atoms with Crippen molar-refractivity contribution >= 4 is 17.9 Å². The van der Waals surface area contributed by atoms with Gasteiger partial charge in [-0.25, -0.2) is 4.39 Å². The van der Waals surface area contributed by atoms with E-state index in [1.54, 1.807) is 0 Å². The third kappa shape index (κ3) is 6.57. The molecule has 2 unspecified atom stereocenters. The standard InChI is InChI=1S/C11H16FN3O6/c1-5(12)9(14-15-13)10(21-7(3)17)8(11(18)19)4-20-6(2)16/h5,8-10H,4H2,1-3H3,(H,18,19)/t5?,8-,9?,10-/m1/s1. The minimum absolute atomic E-state index is 0.646. The van der Waals surface area contributed by atoms with E-state index in [0.717, 1.165) is 20.8 Å². The van der Waals surface area contributed by atoms with E-state index in [9.17, 15) is 18.8 Å². The van der Waals surface area contributed by atoms with Crippen LogP contribution in [0.4, 0.5) is 4.39 Å². The van der Waals surface area contributed by atoms with E-state index in [1.807, 2.05) is 0 Å². The van der Waals surface area contributed by atoms with Crippen LogP contribution in [-0.2, 0) is 23.9 Å². The molecule has 118 valence electrons. The quantitative estimate of drug-likeness (QED) is 0.309. The number of carboxylic acid groups (broad SMARTS) is 1. The molecular formula is C11H16FN3O6. The second kappa shape index (κ2) is 8.75. The first-order chi connectivity index (χ1) is 9.70. The molecular weight excluding hydrogens is 289 g/mol. The summed E-state index contributed by atoms with van der Waals surface area (Å²) in [5, 5.41) is 12.3. The minimum Gasteiger partial charge on any atom is -0.481 e. The molecule has 0 aromatic carbocycles. The monoisotopic (exact) mass is 305 g/mol. The van der Waals surface area contributed by atoms with Crippen molar-refractivity contribution in [2.75, 3.05) is 6.61 Å². The number of nitrogens with zero attached hydrogens (tertiary/aromatic N) is 3. The lowest BCUT2D eigenvalue weighted by Gasteiger charge is -2.28. The Labute approximate surface area is 119 Å². The summed E-state index contributed by atoms with van der Waals surface area (Å²) in [5.74, 6) is -4.68. The third-order valence-electron chi connectivity index (χ3n) is 2.47. The Balaban J connectivity index is 5.47. The molecule has 0 heterocycles. The number of carboxylic acids is 1. The molecule has 0 aromatic heterocycles. The number of ether oxygens (including phenoxy) is 2. The van der Waals surface area contributed by atoms with Gasteiger partial charge in [0.1, 0.15) is 30.8 Å². The Morgan fingerprint density at radius 2 is 1.90 bits per heavy atom. The maximum atomic E-state index is 13.5. The van der Waals surface area contributed by atoms with E-state index in [1.165, 1.54) is 0 Å². The predicted octanol–water partition coefficient (Wildman–Crippen LogP) is 1.22. The summed E-state index contributed by atoms with van der Waals surface area (Å²) in [6.45, 7) is 2.43. The molecule has 0 aromatic rings. The van der Waals surface area contributed by atoms with E-state index in [0.29, 0.717) is 0 Å². The van der Waals surface area contributed by atoms with Crippen molar-refractivity contribution in [2.24, 2.45) is 11.0 Å². The number of rotatable bonds is 8. The summed E-state index contributed by atoms with van der Waals surface area (Å²) < 4.78 is 22.9. The maximum Gasteiger partial charge on any atom is 0.313 e. The lowest BCUT2D eigenvalue weighted by atomic mass is 9.94. The van der Waals surface area contributed by atoms with Crippen LogP contribution in [0.5, 0.6) is 0 Å². The van der Waals surface area contributed by atoms with Crippen LogP contribution >= 0.6 is 0 Å². The fraction of sp³-hybridized carbons (Fsp3) is 0.727. The number of aliphatic carboxylic acids is 1. The maximum absolute atomic E-state index is 13.5. The fourth-order valence-electron chi connectivity index (χ4n) is 1.57. The van der Waals surface area contributed by atoms with Gasteiger partial charge in [0.2, 0.25) is 0 Å². The van der Waals surface area contributed by atoms with Gasteiger partial charge in [0, 0.05) is 18.8 Å². The van der Waals surface area contributed by atoms with E-state index in [-0.39, 0.29) is 0 Å². The number of hydrogen-bond acceptors (Lipinski definition) is 6. The molecule has 0 rings (SSSR count). The molecule has 0 aliphatic heterocycles. The normalized spacial score (nSPS) is 15.8. The summed E-state index contributed by atoms with van der Waals surface area (Å²) in [6.07, 6.45) is -3.38. The van der Waals surface area contributed by atoms with Gasteiger partial charge < -0.3 is 14.6 Å².